The van der Waals surface area contributed by atoms with Crippen LogP contribution >= 0.6 is 15.6 Å². The molecular formula is C10H15FN2O11P2. The molecule has 148 valence electrons. The zero-order valence-corrected chi connectivity index (χ0v) is 14.5. The Morgan fingerprint density at radius 2 is 2.00 bits per heavy atom. The molecular weight excluding hydrogens is 405 g/mol. The fourth-order valence-corrected chi connectivity index (χ4v) is 3.75. The number of aliphatic hydroxyl groups is 2. The average Bonchev–Trinajstić information content (AvgIpc) is 2.68. The van der Waals surface area contributed by atoms with Crippen LogP contribution in [0.4, 0.5) is 4.39 Å². The monoisotopic (exact) mass is 420 g/mol. The molecule has 1 saturated heterocycles. The Morgan fingerprint density at radius 3 is 2.54 bits per heavy atom. The molecule has 1 amide bonds. The van der Waals surface area contributed by atoms with Gasteiger partial charge in [0.15, 0.2) is 6.23 Å². The Bertz CT molecular complexity index is 726. The molecule has 2 aliphatic rings. The molecule has 0 spiro atoms. The van der Waals surface area contributed by atoms with Crippen molar-refractivity contribution in [2.75, 3.05) is 6.61 Å². The zero-order valence-electron chi connectivity index (χ0n) is 12.7. The van der Waals surface area contributed by atoms with E-state index in [-0.39, 0.29) is 5.82 Å². The number of amides is 1. The highest BCUT2D eigenvalue weighted by atomic mass is 31.3. The molecule has 0 aromatic rings. The van der Waals surface area contributed by atoms with Gasteiger partial charge in [-0.05, 0) is 0 Å². The molecule has 0 aromatic carbocycles. The van der Waals surface area contributed by atoms with Gasteiger partial charge >= 0.3 is 15.6 Å². The van der Waals surface area contributed by atoms with Crippen LogP contribution in [0, 0.1) is 0 Å². The molecule has 2 heterocycles. The largest absolute Gasteiger partial charge is 0.481 e. The summed E-state index contributed by atoms with van der Waals surface area (Å²) in [6.45, 7) is 1.93. The van der Waals surface area contributed by atoms with Crippen LogP contribution in [0.5, 0.6) is 0 Å². The summed E-state index contributed by atoms with van der Waals surface area (Å²) in [7, 11) is -10.8. The molecule has 26 heavy (non-hydrogen) atoms. The molecule has 13 nitrogen and oxygen atoms in total. The maximum atomic E-state index is 14.7. The molecule has 16 heteroatoms. The summed E-state index contributed by atoms with van der Waals surface area (Å²) in [4.78, 5) is 38.2. The number of rotatable bonds is 6. The van der Waals surface area contributed by atoms with E-state index in [1.165, 1.54) is 0 Å². The van der Waals surface area contributed by atoms with Crippen molar-refractivity contribution in [3.05, 3.63) is 24.7 Å². The Kier molecular flexibility index (Phi) is 5.76. The minimum atomic E-state index is -5.43. The van der Waals surface area contributed by atoms with Crippen LogP contribution in [0.15, 0.2) is 24.7 Å². The van der Waals surface area contributed by atoms with Crippen LogP contribution in [0.1, 0.15) is 0 Å². The number of carbonyl (C=O) groups is 1. The SMILES string of the molecule is C=C1NC(=O)C=CN1[C@@H]1O[C@](F)(COP(=O)(O)OP(=O)(O)O)[C@@H](O)[C@H]1O. The number of hydrogen-bond acceptors (Lipinski definition) is 9. The van der Waals surface area contributed by atoms with Gasteiger partial charge in [0.05, 0.1) is 0 Å². The van der Waals surface area contributed by atoms with Crippen LogP contribution in [0.25, 0.3) is 0 Å². The number of nitrogens with one attached hydrogen (secondary N) is 1. The van der Waals surface area contributed by atoms with Crippen LogP contribution < -0.4 is 5.32 Å². The summed E-state index contributed by atoms with van der Waals surface area (Å²) in [6, 6.07) is 0. The number of phosphoric ester groups is 1. The second-order valence-electron chi connectivity index (χ2n) is 5.20. The van der Waals surface area contributed by atoms with E-state index in [1.807, 2.05) is 0 Å². The predicted octanol–water partition coefficient (Wildman–Crippen LogP) is -1.63. The Balaban J connectivity index is 2.11. The first-order chi connectivity index (χ1) is 11.7. The van der Waals surface area contributed by atoms with Crippen molar-refractivity contribution in [2.45, 2.75) is 24.3 Å². The predicted molar refractivity (Wildman–Crippen MR) is 77.9 cm³/mol. The minimum absolute atomic E-state index is 0.114. The number of carbonyl (C=O) groups excluding carboxylic acids is 1. The maximum absolute atomic E-state index is 14.7. The summed E-state index contributed by atoms with van der Waals surface area (Å²) in [5.74, 6) is -3.92. The maximum Gasteiger partial charge on any atom is 0.481 e. The minimum Gasteiger partial charge on any atom is -0.385 e. The van der Waals surface area contributed by atoms with Gasteiger partial charge in [-0.15, -0.1) is 0 Å². The van der Waals surface area contributed by atoms with E-state index in [2.05, 4.69) is 20.7 Å². The third-order valence-corrected chi connectivity index (χ3v) is 5.38. The van der Waals surface area contributed by atoms with Crippen LogP contribution in [0.2, 0.25) is 0 Å². The van der Waals surface area contributed by atoms with Crippen molar-refractivity contribution in [3.8, 4) is 0 Å². The number of halogens is 1. The molecule has 1 fully saturated rings. The van der Waals surface area contributed by atoms with Gasteiger partial charge in [0.2, 0.25) is 0 Å². The number of nitrogens with zero attached hydrogens (tertiary/aromatic N) is 1. The fraction of sp³-hybridized carbons (Fsp3) is 0.500. The van der Waals surface area contributed by atoms with Gasteiger partial charge in [-0.3, -0.25) is 9.32 Å². The van der Waals surface area contributed by atoms with Gasteiger partial charge < -0.3 is 39.8 Å². The van der Waals surface area contributed by atoms with E-state index in [4.69, 9.17) is 19.4 Å². The van der Waals surface area contributed by atoms with E-state index >= 15 is 0 Å². The lowest BCUT2D eigenvalue weighted by molar-refractivity contribution is -0.207. The van der Waals surface area contributed by atoms with Gasteiger partial charge in [-0.2, -0.15) is 4.31 Å². The van der Waals surface area contributed by atoms with Crippen molar-refractivity contribution in [1.82, 2.24) is 10.2 Å². The van der Waals surface area contributed by atoms with Gasteiger partial charge in [0.1, 0.15) is 24.6 Å². The molecule has 0 radical (unpaired) electrons. The summed E-state index contributed by atoms with van der Waals surface area (Å²) < 4.78 is 49.0. The quantitative estimate of drug-likeness (QED) is 0.269. The standard InChI is InChI=1S/C10H15FN2O11P2/c1-5-12-6(14)2-3-13(5)9-7(15)8(16)10(11,23-9)4-22-26(20,21)24-25(17,18)19/h2-3,7-9,15-16H,1,4H2,(H,12,14)(H,20,21)(H2,17,18,19)/t7-,8+,9-,10-/m1/s1. The Morgan fingerprint density at radius 1 is 1.38 bits per heavy atom. The first-order valence-electron chi connectivity index (χ1n) is 6.68. The third kappa shape index (κ3) is 4.75. The molecule has 0 saturated carbocycles. The molecule has 0 aromatic heterocycles. The van der Waals surface area contributed by atoms with Crippen LogP contribution in [-0.2, 0) is 27.5 Å². The number of alkyl halides is 1. The third-order valence-electron chi connectivity index (χ3n) is 3.25. The van der Waals surface area contributed by atoms with Crippen molar-refractivity contribution in [3.63, 3.8) is 0 Å². The zero-order chi connectivity index (χ0) is 19.9. The molecule has 1 unspecified atom stereocenters. The molecule has 0 aliphatic carbocycles. The molecule has 2 rings (SSSR count). The summed E-state index contributed by atoms with van der Waals surface area (Å²) >= 11 is 0. The van der Waals surface area contributed by atoms with E-state index in [0.29, 0.717) is 0 Å². The summed E-state index contributed by atoms with van der Waals surface area (Å²) in [5, 5.41) is 22.0. The van der Waals surface area contributed by atoms with Crippen molar-refractivity contribution < 1.29 is 56.8 Å². The van der Waals surface area contributed by atoms with E-state index < -0.39 is 52.5 Å². The van der Waals surface area contributed by atoms with Crippen molar-refractivity contribution in [1.29, 1.82) is 0 Å². The topological polar surface area (TPSA) is 195 Å². The molecule has 0 bridgehead atoms. The van der Waals surface area contributed by atoms with Gasteiger partial charge in [0, 0.05) is 12.3 Å². The van der Waals surface area contributed by atoms with E-state index in [1.54, 1.807) is 0 Å². The highest BCUT2D eigenvalue weighted by molar-refractivity contribution is 7.60. The molecule has 6 N–H and O–H groups in total. The summed E-state index contributed by atoms with van der Waals surface area (Å²) in [6.07, 6.45) is -3.73. The van der Waals surface area contributed by atoms with Gasteiger partial charge in [0.25, 0.3) is 11.8 Å². The molecule has 5 atom stereocenters. The summed E-state index contributed by atoms with van der Waals surface area (Å²) in [5.41, 5.74) is 0. The van der Waals surface area contributed by atoms with E-state index in [0.717, 1.165) is 17.2 Å². The smallest absolute Gasteiger partial charge is 0.385 e. The van der Waals surface area contributed by atoms with Crippen LogP contribution in [0.3, 0.4) is 0 Å². The Labute approximate surface area is 145 Å². The normalized spacial score (nSPS) is 34.7. The fourth-order valence-electron chi connectivity index (χ4n) is 2.14. The molecule has 2 aliphatic heterocycles. The van der Waals surface area contributed by atoms with E-state index in [9.17, 15) is 28.5 Å². The lowest BCUT2D eigenvalue weighted by Gasteiger charge is -2.32. The van der Waals surface area contributed by atoms with Gasteiger partial charge in [-0.1, -0.05) is 6.58 Å². The lowest BCUT2D eigenvalue weighted by atomic mass is 10.1. The highest BCUT2D eigenvalue weighted by Crippen LogP contribution is 2.58. The second kappa shape index (κ2) is 7.09. The number of ether oxygens (including phenoxy) is 1. The average molecular weight is 420 g/mol. The number of phosphoric acid groups is 2. The number of aliphatic hydroxyl groups excluding tert-OH is 2. The first kappa shape index (κ1) is 21.1. The Hall–Kier alpha value is -1.18. The first-order valence-corrected chi connectivity index (χ1v) is 9.70. The van der Waals surface area contributed by atoms with Gasteiger partial charge in [-0.25, -0.2) is 13.5 Å². The van der Waals surface area contributed by atoms with Crippen molar-refractivity contribution >= 4 is 21.6 Å². The highest BCUT2D eigenvalue weighted by Gasteiger charge is 2.58. The van der Waals surface area contributed by atoms with Crippen molar-refractivity contribution in [2.24, 2.45) is 0 Å². The lowest BCUT2D eigenvalue weighted by Crippen LogP contribution is -2.46. The second-order valence-corrected chi connectivity index (χ2v) is 8.03. The number of hydrogen-bond donors (Lipinski definition) is 6. The van der Waals surface area contributed by atoms with Crippen LogP contribution in [-0.4, -0.2) is 66.6 Å².